The van der Waals surface area contributed by atoms with E-state index < -0.39 is 0 Å². The van der Waals surface area contributed by atoms with E-state index in [1.807, 2.05) is 53.9 Å². The number of aromatic nitrogens is 2. The van der Waals surface area contributed by atoms with Gasteiger partial charge in [0.25, 0.3) is 0 Å². The lowest BCUT2D eigenvalue weighted by Crippen LogP contribution is -1.89. The fourth-order valence-electron chi connectivity index (χ4n) is 2.14. The lowest BCUT2D eigenvalue weighted by Gasteiger charge is -2.02. The first-order valence-corrected chi connectivity index (χ1v) is 7.61. The van der Waals surface area contributed by atoms with Gasteiger partial charge < -0.3 is 0 Å². The summed E-state index contributed by atoms with van der Waals surface area (Å²) in [6, 6.07) is 11.9. The predicted octanol–water partition coefficient (Wildman–Crippen LogP) is 4.65. The molecule has 2 heterocycles. The molecule has 0 spiro atoms. The van der Waals surface area contributed by atoms with Gasteiger partial charge in [0, 0.05) is 23.5 Å². The van der Waals surface area contributed by atoms with Crippen LogP contribution in [0, 0.1) is 17.6 Å². The van der Waals surface area contributed by atoms with E-state index in [0.29, 0.717) is 0 Å². The van der Waals surface area contributed by atoms with Crippen LogP contribution in [-0.4, -0.2) is 9.38 Å². The summed E-state index contributed by atoms with van der Waals surface area (Å²) in [5.74, 6) is 0. The Morgan fingerprint density at radius 3 is 2.75 bits per heavy atom. The molecule has 0 bridgehead atoms. The third-order valence-electron chi connectivity index (χ3n) is 2.96. The van der Waals surface area contributed by atoms with E-state index >= 15 is 0 Å². The van der Waals surface area contributed by atoms with Crippen LogP contribution in [0.25, 0.3) is 16.9 Å². The van der Waals surface area contributed by atoms with Crippen molar-refractivity contribution in [3.63, 3.8) is 0 Å². The van der Waals surface area contributed by atoms with Crippen molar-refractivity contribution in [2.75, 3.05) is 0 Å². The Kier molecular flexibility index (Phi) is 3.51. The average Bonchev–Trinajstić information content (AvgIpc) is 2.80. The van der Waals surface area contributed by atoms with Gasteiger partial charge in [0.2, 0.25) is 0 Å². The molecule has 0 aliphatic heterocycles. The number of hydrogen-bond donors (Lipinski definition) is 0. The molecule has 3 aromatic rings. The first-order valence-electron chi connectivity index (χ1n) is 6.00. The Bertz CT molecular complexity index is 818. The smallest absolute Gasteiger partial charge is 0.152 e. The monoisotopic (exact) mass is 343 g/mol. The van der Waals surface area contributed by atoms with Gasteiger partial charge >= 0.3 is 0 Å². The number of aryl methyl sites for hydroxylation is 1. The number of fused-ring (bicyclic) bond motifs is 1. The molecule has 0 radical (unpaired) electrons. The third kappa shape index (κ3) is 2.21. The Morgan fingerprint density at radius 1 is 1.30 bits per heavy atom. The number of thioether (sulfide) groups is 1. The number of halogens is 1. The number of thiocyanates is 1. The van der Waals surface area contributed by atoms with Crippen LogP contribution in [0.3, 0.4) is 0 Å². The Hall–Kier alpha value is -1.77. The summed E-state index contributed by atoms with van der Waals surface area (Å²) in [6.45, 7) is 2.02. The summed E-state index contributed by atoms with van der Waals surface area (Å²) >= 11 is 4.68. The summed E-state index contributed by atoms with van der Waals surface area (Å²) in [5, 5.41) is 12.1. The molecular weight excluding hydrogens is 334 g/mol. The van der Waals surface area contributed by atoms with Gasteiger partial charge in [-0.15, -0.1) is 0 Å². The number of imidazole rings is 1. The van der Waals surface area contributed by atoms with Crippen LogP contribution in [0.5, 0.6) is 0 Å². The number of nitrogens with zero attached hydrogens (tertiary/aromatic N) is 3. The van der Waals surface area contributed by atoms with Gasteiger partial charge in [0.15, 0.2) is 5.65 Å². The van der Waals surface area contributed by atoms with Gasteiger partial charge in [-0.05, 0) is 34.5 Å². The Labute approximate surface area is 129 Å². The van der Waals surface area contributed by atoms with Gasteiger partial charge in [-0.3, -0.25) is 4.40 Å². The number of benzene rings is 1. The van der Waals surface area contributed by atoms with Crippen LogP contribution >= 0.6 is 27.7 Å². The van der Waals surface area contributed by atoms with Crippen LogP contribution in [0.4, 0.5) is 0 Å². The quantitative estimate of drug-likeness (QED) is 0.502. The van der Waals surface area contributed by atoms with Crippen molar-refractivity contribution in [1.82, 2.24) is 9.38 Å². The molecule has 20 heavy (non-hydrogen) atoms. The molecule has 0 N–H and O–H groups in total. The molecule has 0 aliphatic carbocycles. The maximum atomic E-state index is 9.07. The summed E-state index contributed by atoms with van der Waals surface area (Å²) < 4.78 is 2.90. The Balaban J connectivity index is 2.35. The fourth-order valence-corrected chi connectivity index (χ4v) is 3.36. The highest BCUT2D eigenvalue weighted by molar-refractivity contribution is 9.10. The summed E-state index contributed by atoms with van der Waals surface area (Å²) in [6.07, 6.45) is 2.00. The highest BCUT2D eigenvalue weighted by atomic mass is 79.9. The topological polar surface area (TPSA) is 41.1 Å². The van der Waals surface area contributed by atoms with Gasteiger partial charge in [0.1, 0.15) is 16.1 Å². The normalized spacial score (nSPS) is 10.7. The van der Waals surface area contributed by atoms with Crippen LogP contribution in [0.15, 0.2) is 52.1 Å². The van der Waals surface area contributed by atoms with Crippen molar-refractivity contribution < 1.29 is 0 Å². The molecule has 0 saturated carbocycles. The molecule has 0 fully saturated rings. The minimum absolute atomic E-state index is 0.826. The second-order valence-corrected chi connectivity index (χ2v) is 6.01. The number of nitriles is 1. The molecular formula is C15H10BrN3S. The highest BCUT2D eigenvalue weighted by Crippen LogP contribution is 2.34. The molecule has 2 aromatic heterocycles. The van der Waals surface area contributed by atoms with Crippen LogP contribution in [0.2, 0.25) is 0 Å². The molecule has 0 saturated heterocycles. The first-order chi connectivity index (χ1) is 9.70. The van der Waals surface area contributed by atoms with E-state index in [2.05, 4.69) is 26.3 Å². The van der Waals surface area contributed by atoms with E-state index in [1.54, 1.807) is 0 Å². The zero-order valence-electron chi connectivity index (χ0n) is 10.7. The molecule has 0 aliphatic rings. The molecule has 1 aromatic carbocycles. The fraction of sp³-hybridized carbons (Fsp3) is 0.0667. The molecule has 3 rings (SSSR count). The second-order valence-electron chi connectivity index (χ2n) is 4.38. The van der Waals surface area contributed by atoms with E-state index in [0.717, 1.165) is 43.7 Å². The van der Waals surface area contributed by atoms with Crippen molar-refractivity contribution in [1.29, 1.82) is 5.26 Å². The molecule has 3 nitrogen and oxygen atoms in total. The zero-order chi connectivity index (χ0) is 14.1. The van der Waals surface area contributed by atoms with Gasteiger partial charge in [0.05, 0.1) is 4.47 Å². The minimum Gasteiger partial charge on any atom is -0.292 e. The second kappa shape index (κ2) is 5.31. The van der Waals surface area contributed by atoms with Gasteiger partial charge in [-0.1, -0.05) is 30.3 Å². The van der Waals surface area contributed by atoms with E-state index in [-0.39, 0.29) is 0 Å². The van der Waals surface area contributed by atoms with Gasteiger partial charge in [-0.25, -0.2) is 4.98 Å². The minimum atomic E-state index is 0.826. The number of rotatable bonds is 2. The summed E-state index contributed by atoms with van der Waals surface area (Å²) in [7, 11) is 0. The molecule has 0 amide bonds. The van der Waals surface area contributed by atoms with Crippen molar-refractivity contribution in [3.05, 3.63) is 52.6 Å². The lowest BCUT2D eigenvalue weighted by atomic mass is 10.2. The number of pyridine rings is 1. The largest absolute Gasteiger partial charge is 0.292 e. The molecule has 0 unspecified atom stereocenters. The maximum absolute atomic E-state index is 9.07. The van der Waals surface area contributed by atoms with Crippen molar-refractivity contribution >= 4 is 33.3 Å². The maximum Gasteiger partial charge on any atom is 0.152 e. The zero-order valence-corrected chi connectivity index (χ0v) is 13.1. The summed E-state index contributed by atoms with van der Waals surface area (Å²) in [5.41, 5.74) is 3.79. The lowest BCUT2D eigenvalue weighted by molar-refractivity contribution is 1.03. The SMILES string of the molecule is Cc1cc(Br)c2nc(-c3ccccc3)c(SC#N)n2c1. The standard InChI is InChI=1S/C15H10BrN3S/c1-10-7-12(16)14-18-13(11-5-3-2-4-6-11)15(20-9-17)19(14)8-10/h2-8H,1H3. The van der Waals surface area contributed by atoms with E-state index in [9.17, 15) is 0 Å². The first kappa shape index (κ1) is 13.2. The summed E-state index contributed by atoms with van der Waals surface area (Å²) in [4.78, 5) is 4.69. The van der Waals surface area contributed by atoms with Crippen molar-refractivity contribution in [2.45, 2.75) is 11.9 Å². The Morgan fingerprint density at radius 2 is 2.05 bits per heavy atom. The molecule has 5 heteroatoms. The highest BCUT2D eigenvalue weighted by Gasteiger charge is 2.16. The third-order valence-corrected chi connectivity index (χ3v) is 4.22. The molecule has 0 atom stereocenters. The average molecular weight is 344 g/mol. The van der Waals surface area contributed by atoms with Crippen LogP contribution in [0.1, 0.15) is 5.56 Å². The van der Waals surface area contributed by atoms with E-state index in [1.165, 1.54) is 0 Å². The van der Waals surface area contributed by atoms with E-state index in [4.69, 9.17) is 5.26 Å². The number of hydrogen-bond acceptors (Lipinski definition) is 3. The molecule has 98 valence electrons. The predicted molar refractivity (Wildman–Crippen MR) is 84.5 cm³/mol. The van der Waals surface area contributed by atoms with Crippen LogP contribution < -0.4 is 0 Å². The van der Waals surface area contributed by atoms with Crippen molar-refractivity contribution in [3.8, 4) is 16.7 Å². The van der Waals surface area contributed by atoms with Crippen LogP contribution in [-0.2, 0) is 0 Å². The van der Waals surface area contributed by atoms with Crippen molar-refractivity contribution in [2.24, 2.45) is 0 Å². The van der Waals surface area contributed by atoms with Gasteiger partial charge in [-0.2, -0.15) is 5.26 Å².